The molecule has 7 heteroatoms. The summed E-state index contributed by atoms with van der Waals surface area (Å²) in [6, 6.07) is 0. The van der Waals surface area contributed by atoms with Crippen LogP contribution in [0, 0.1) is 23.2 Å². The van der Waals surface area contributed by atoms with Crippen molar-refractivity contribution in [1.82, 2.24) is 15.5 Å². The SMILES string of the molecule is O=C(NC(=S)Nc1nncs1)C12CC3CC(CC(C3)C1)C2. The van der Waals surface area contributed by atoms with Gasteiger partial charge in [0, 0.05) is 0 Å². The van der Waals surface area contributed by atoms with E-state index in [-0.39, 0.29) is 11.3 Å². The second-order valence-electron chi connectivity index (χ2n) is 6.85. The fraction of sp³-hybridized carbons (Fsp3) is 0.714. The Morgan fingerprint density at radius 3 is 2.38 bits per heavy atom. The van der Waals surface area contributed by atoms with Crippen LogP contribution < -0.4 is 10.6 Å². The highest BCUT2D eigenvalue weighted by Crippen LogP contribution is 2.60. The first-order valence-corrected chi connectivity index (χ1v) is 8.80. The Bertz CT molecular complexity index is 536. The number of amides is 1. The Labute approximate surface area is 132 Å². The first-order valence-electron chi connectivity index (χ1n) is 7.51. The normalized spacial score (nSPS) is 36.5. The van der Waals surface area contributed by atoms with Gasteiger partial charge in [-0.05, 0) is 68.5 Å². The highest BCUT2D eigenvalue weighted by Gasteiger charge is 2.54. The number of aromatic nitrogens is 2. The average Bonchev–Trinajstić information content (AvgIpc) is 2.89. The third-order valence-electron chi connectivity index (χ3n) is 5.33. The summed E-state index contributed by atoms with van der Waals surface area (Å²) < 4.78 is 0. The molecule has 21 heavy (non-hydrogen) atoms. The maximum absolute atomic E-state index is 12.8. The summed E-state index contributed by atoms with van der Waals surface area (Å²) in [5.74, 6) is 2.38. The molecule has 112 valence electrons. The van der Waals surface area contributed by atoms with Gasteiger partial charge in [-0.25, -0.2) is 0 Å². The fourth-order valence-electron chi connectivity index (χ4n) is 4.98. The number of nitrogens with one attached hydrogen (secondary N) is 2. The molecule has 0 aliphatic heterocycles. The van der Waals surface area contributed by atoms with Crippen molar-refractivity contribution in [1.29, 1.82) is 0 Å². The molecule has 5 rings (SSSR count). The highest BCUT2D eigenvalue weighted by molar-refractivity contribution is 7.80. The van der Waals surface area contributed by atoms with Crippen LogP contribution in [-0.2, 0) is 4.79 Å². The zero-order chi connectivity index (χ0) is 14.4. The molecule has 0 spiro atoms. The molecule has 5 nitrogen and oxygen atoms in total. The van der Waals surface area contributed by atoms with Crippen LogP contribution in [0.1, 0.15) is 38.5 Å². The van der Waals surface area contributed by atoms with Crippen molar-refractivity contribution < 1.29 is 4.79 Å². The van der Waals surface area contributed by atoms with Crippen molar-refractivity contribution in [2.45, 2.75) is 38.5 Å². The Hall–Kier alpha value is -1.08. The summed E-state index contributed by atoms with van der Waals surface area (Å²) in [5.41, 5.74) is 1.47. The summed E-state index contributed by atoms with van der Waals surface area (Å²) >= 11 is 6.59. The van der Waals surface area contributed by atoms with E-state index in [2.05, 4.69) is 20.8 Å². The van der Waals surface area contributed by atoms with Crippen LogP contribution in [0.15, 0.2) is 5.51 Å². The fourth-order valence-corrected chi connectivity index (χ4v) is 5.68. The van der Waals surface area contributed by atoms with Crippen LogP contribution in [-0.4, -0.2) is 21.2 Å². The van der Waals surface area contributed by atoms with Crippen LogP contribution in [0.3, 0.4) is 0 Å². The number of rotatable bonds is 2. The van der Waals surface area contributed by atoms with Crippen LogP contribution >= 0.6 is 23.6 Å². The minimum atomic E-state index is -0.165. The van der Waals surface area contributed by atoms with E-state index in [0.29, 0.717) is 10.2 Å². The number of anilines is 1. The van der Waals surface area contributed by atoms with Crippen molar-refractivity contribution >= 4 is 39.7 Å². The Morgan fingerprint density at radius 1 is 1.24 bits per heavy atom. The number of hydrogen-bond donors (Lipinski definition) is 2. The standard InChI is InChI=1S/C14H18N4OS2/c19-11(16-12(20)17-13-18-15-7-21-13)14-4-8-1-9(5-14)3-10(2-8)6-14/h7-10H,1-6H2,(H2,16,17,18,19,20). The van der Waals surface area contributed by atoms with Crippen molar-refractivity contribution in [3.8, 4) is 0 Å². The van der Waals surface area contributed by atoms with Gasteiger partial charge in [-0.1, -0.05) is 11.3 Å². The van der Waals surface area contributed by atoms with E-state index < -0.39 is 0 Å². The molecule has 0 radical (unpaired) electrons. The van der Waals surface area contributed by atoms with Gasteiger partial charge in [-0.2, -0.15) is 0 Å². The number of carbonyl (C=O) groups is 1. The molecular formula is C14H18N4OS2. The smallest absolute Gasteiger partial charge is 0.232 e. The van der Waals surface area contributed by atoms with Gasteiger partial charge in [0.2, 0.25) is 11.0 Å². The molecular weight excluding hydrogens is 304 g/mol. The van der Waals surface area contributed by atoms with E-state index >= 15 is 0 Å². The first kappa shape index (κ1) is 13.6. The second kappa shape index (κ2) is 4.98. The van der Waals surface area contributed by atoms with Gasteiger partial charge >= 0.3 is 0 Å². The minimum Gasteiger partial charge on any atom is -0.307 e. The molecule has 1 amide bonds. The third-order valence-corrected chi connectivity index (χ3v) is 6.14. The van der Waals surface area contributed by atoms with Crippen molar-refractivity contribution in [2.75, 3.05) is 5.32 Å². The molecule has 4 saturated carbocycles. The van der Waals surface area contributed by atoms with Gasteiger partial charge in [0.1, 0.15) is 5.51 Å². The lowest BCUT2D eigenvalue weighted by atomic mass is 9.49. The lowest BCUT2D eigenvalue weighted by molar-refractivity contribution is -0.144. The van der Waals surface area contributed by atoms with Crippen LogP contribution in [0.4, 0.5) is 5.13 Å². The van der Waals surface area contributed by atoms with E-state index in [1.54, 1.807) is 5.51 Å². The first-order chi connectivity index (χ1) is 10.1. The van der Waals surface area contributed by atoms with E-state index in [0.717, 1.165) is 37.0 Å². The maximum Gasteiger partial charge on any atom is 0.232 e. The average molecular weight is 322 g/mol. The molecule has 4 aliphatic rings. The monoisotopic (exact) mass is 322 g/mol. The van der Waals surface area contributed by atoms with Crippen molar-refractivity contribution in [2.24, 2.45) is 23.2 Å². The van der Waals surface area contributed by atoms with Gasteiger partial charge in [-0.3, -0.25) is 4.79 Å². The molecule has 0 aromatic carbocycles. The second-order valence-corrected chi connectivity index (χ2v) is 8.09. The minimum absolute atomic E-state index is 0.114. The zero-order valence-corrected chi connectivity index (χ0v) is 13.3. The number of hydrogen-bond acceptors (Lipinski definition) is 5. The Morgan fingerprint density at radius 2 is 1.86 bits per heavy atom. The van der Waals surface area contributed by atoms with Gasteiger partial charge in [0.15, 0.2) is 5.11 Å². The highest BCUT2D eigenvalue weighted by atomic mass is 32.1. The summed E-state index contributed by atoms with van der Waals surface area (Å²) in [5, 5.41) is 14.4. The summed E-state index contributed by atoms with van der Waals surface area (Å²) in [7, 11) is 0. The molecule has 4 fully saturated rings. The summed E-state index contributed by atoms with van der Waals surface area (Å²) in [6.07, 6.45) is 7.14. The van der Waals surface area contributed by atoms with Crippen LogP contribution in [0.25, 0.3) is 0 Å². The maximum atomic E-state index is 12.8. The van der Waals surface area contributed by atoms with Gasteiger partial charge in [-0.15, -0.1) is 10.2 Å². The Kier molecular flexibility index (Phi) is 3.22. The van der Waals surface area contributed by atoms with E-state index in [4.69, 9.17) is 12.2 Å². The lowest BCUT2D eigenvalue weighted by Gasteiger charge is -2.55. The van der Waals surface area contributed by atoms with Crippen LogP contribution in [0.2, 0.25) is 0 Å². The third kappa shape index (κ3) is 2.46. The molecule has 1 aromatic rings. The summed E-state index contributed by atoms with van der Waals surface area (Å²) in [4.78, 5) is 12.8. The molecule has 0 saturated heterocycles. The zero-order valence-electron chi connectivity index (χ0n) is 11.7. The number of nitrogens with zero attached hydrogens (tertiary/aromatic N) is 2. The predicted octanol–water partition coefficient (Wildman–Crippen LogP) is 2.57. The van der Waals surface area contributed by atoms with Gasteiger partial charge < -0.3 is 10.6 Å². The van der Waals surface area contributed by atoms with Crippen LogP contribution in [0.5, 0.6) is 0 Å². The number of carbonyl (C=O) groups excluding carboxylic acids is 1. The molecule has 0 atom stereocenters. The quantitative estimate of drug-likeness (QED) is 0.819. The number of thiocarbonyl (C=S) groups is 1. The topological polar surface area (TPSA) is 66.9 Å². The molecule has 1 aromatic heterocycles. The molecule has 4 bridgehead atoms. The molecule has 0 unspecified atom stereocenters. The predicted molar refractivity (Wildman–Crippen MR) is 84.9 cm³/mol. The van der Waals surface area contributed by atoms with E-state index in [1.165, 1.54) is 30.6 Å². The van der Waals surface area contributed by atoms with Gasteiger partial charge in [0.25, 0.3) is 0 Å². The summed E-state index contributed by atoms with van der Waals surface area (Å²) in [6.45, 7) is 0. The van der Waals surface area contributed by atoms with Crippen molar-refractivity contribution in [3.05, 3.63) is 5.51 Å². The molecule has 1 heterocycles. The molecule has 4 aliphatic carbocycles. The Balaban J connectivity index is 1.44. The largest absolute Gasteiger partial charge is 0.307 e. The molecule has 2 N–H and O–H groups in total. The van der Waals surface area contributed by atoms with Gasteiger partial charge in [0.05, 0.1) is 5.41 Å². The van der Waals surface area contributed by atoms with E-state index in [1.807, 2.05) is 0 Å². The lowest BCUT2D eigenvalue weighted by Crippen LogP contribution is -2.55. The van der Waals surface area contributed by atoms with E-state index in [9.17, 15) is 4.79 Å². The van der Waals surface area contributed by atoms with Crippen molar-refractivity contribution in [3.63, 3.8) is 0 Å².